The summed E-state index contributed by atoms with van der Waals surface area (Å²) in [7, 11) is 1.61. The molecule has 1 aliphatic heterocycles. The van der Waals surface area contributed by atoms with Gasteiger partial charge < -0.3 is 15.0 Å². The smallest absolute Gasteiger partial charge is 0.273 e. The van der Waals surface area contributed by atoms with Gasteiger partial charge in [0.05, 0.1) is 7.11 Å². The number of hydrogen-bond acceptors (Lipinski definition) is 7. The zero-order valence-corrected chi connectivity index (χ0v) is 17.9. The molecule has 0 radical (unpaired) electrons. The number of methoxy groups -OCH3 is 1. The number of amides is 1. The third-order valence-corrected chi connectivity index (χ3v) is 6.36. The molecule has 0 bridgehead atoms. The first kappa shape index (κ1) is 20.3. The number of nitrogens with one attached hydrogen (secondary N) is 1. The minimum Gasteiger partial charge on any atom is -0.497 e. The molecule has 1 unspecified atom stereocenters. The van der Waals surface area contributed by atoms with Gasteiger partial charge in [-0.3, -0.25) is 14.2 Å². The normalized spacial score (nSPS) is 16.6. The Morgan fingerprint density at radius 3 is 2.87 bits per heavy atom. The van der Waals surface area contributed by atoms with Crippen LogP contribution in [0.2, 0.25) is 0 Å². The molecule has 1 aromatic carbocycles. The lowest BCUT2D eigenvalue weighted by Crippen LogP contribution is -2.34. The Morgan fingerprint density at radius 1 is 1.33 bits per heavy atom. The fraction of sp³-hybridized carbons (Fsp3) is 0.429. The molecule has 158 valence electrons. The largest absolute Gasteiger partial charge is 0.497 e. The van der Waals surface area contributed by atoms with Crippen LogP contribution in [0.15, 0.2) is 35.4 Å². The van der Waals surface area contributed by atoms with Crippen molar-refractivity contribution in [2.45, 2.75) is 32.9 Å². The average molecular weight is 428 g/mol. The molecular weight excluding hydrogens is 402 g/mol. The van der Waals surface area contributed by atoms with E-state index in [1.165, 1.54) is 28.7 Å². The Hall–Kier alpha value is -2.94. The molecule has 3 aromatic rings. The van der Waals surface area contributed by atoms with Gasteiger partial charge in [-0.05, 0) is 36.5 Å². The molecule has 9 heteroatoms. The van der Waals surface area contributed by atoms with E-state index >= 15 is 0 Å². The quantitative estimate of drug-likeness (QED) is 0.650. The van der Waals surface area contributed by atoms with Gasteiger partial charge in [-0.15, -0.1) is 0 Å². The second kappa shape index (κ2) is 8.83. The minimum atomic E-state index is -0.247. The summed E-state index contributed by atoms with van der Waals surface area (Å²) in [6.07, 6.45) is 3.75. The fourth-order valence-electron chi connectivity index (χ4n) is 3.60. The second-order valence-corrected chi connectivity index (χ2v) is 8.62. The topological polar surface area (TPSA) is 89.3 Å². The predicted molar refractivity (Wildman–Crippen MR) is 117 cm³/mol. The van der Waals surface area contributed by atoms with Crippen LogP contribution in [0, 0.1) is 5.92 Å². The van der Waals surface area contributed by atoms with Gasteiger partial charge in [0.2, 0.25) is 5.91 Å². The standard InChI is InChI=1S/C21H25N5O3S/c1-14-4-3-9-25(11-14)21-24-19-18(30-21)20(28)26(13-23-19)12-17(27)22-10-15-5-7-16(29-2)8-6-15/h5-8,13-14H,3-4,9-12H2,1-2H3,(H,22,27). The van der Waals surface area contributed by atoms with Gasteiger partial charge in [0, 0.05) is 19.6 Å². The average Bonchev–Trinajstić information content (AvgIpc) is 3.20. The first-order valence-corrected chi connectivity index (χ1v) is 10.9. The first-order chi connectivity index (χ1) is 14.5. The van der Waals surface area contributed by atoms with Crippen molar-refractivity contribution >= 4 is 32.7 Å². The van der Waals surface area contributed by atoms with Crippen LogP contribution in [0.25, 0.3) is 10.3 Å². The maximum Gasteiger partial charge on any atom is 0.273 e. The van der Waals surface area contributed by atoms with Crippen LogP contribution in [0.3, 0.4) is 0 Å². The Morgan fingerprint density at radius 2 is 2.13 bits per heavy atom. The number of hydrogen-bond donors (Lipinski definition) is 1. The molecular formula is C21H25N5O3S. The van der Waals surface area contributed by atoms with E-state index in [1.54, 1.807) is 7.11 Å². The number of ether oxygens (including phenoxy) is 1. The van der Waals surface area contributed by atoms with E-state index < -0.39 is 0 Å². The van der Waals surface area contributed by atoms with Crippen LogP contribution in [-0.4, -0.2) is 40.6 Å². The number of anilines is 1. The van der Waals surface area contributed by atoms with E-state index in [0.717, 1.165) is 36.0 Å². The number of rotatable bonds is 6. The number of thiazole rings is 1. The van der Waals surface area contributed by atoms with Crippen molar-refractivity contribution in [1.82, 2.24) is 19.9 Å². The van der Waals surface area contributed by atoms with Gasteiger partial charge in [0.15, 0.2) is 10.8 Å². The lowest BCUT2D eigenvalue weighted by molar-refractivity contribution is -0.121. The van der Waals surface area contributed by atoms with Crippen LogP contribution in [0.1, 0.15) is 25.3 Å². The highest BCUT2D eigenvalue weighted by Crippen LogP contribution is 2.29. The molecule has 0 aliphatic carbocycles. The van der Waals surface area contributed by atoms with E-state index in [0.29, 0.717) is 22.8 Å². The Labute approximate surface area is 178 Å². The van der Waals surface area contributed by atoms with Crippen molar-refractivity contribution in [2.24, 2.45) is 5.92 Å². The SMILES string of the molecule is COc1ccc(CNC(=O)Cn2cnc3nc(N4CCCC(C)C4)sc3c2=O)cc1. The fourth-order valence-corrected chi connectivity index (χ4v) is 4.60. The molecule has 4 rings (SSSR count). The Balaban J connectivity index is 1.44. The molecule has 3 heterocycles. The summed E-state index contributed by atoms with van der Waals surface area (Å²) in [6.45, 7) is 4.43. The third kappa shape index (κ3) is 4.46. The van der Waals surface area contributed by atoms with Crippen LogP contribution in [0.4, 0.5) is 5.13 Å². The summed E-state index contributed by atoms with van der Waals surface area (Å²) in [4.78, 5) is 36.3. The van der Waals surface area contributed by atoms with Crippen molar-refractivity contribution in [1.29, 1.82) is 0 Å². The van der Waals surface area contributed by atoms with Crippen molar-refractivity contribution in [3.63, 3.8) is 0 Å². The number of benzene rings is 1. The van der Waals surface area contributed by atoms with Gasteiger partial charge in [0.1, 0.15) is 23.3 Å². The number of fused-ring (bicyclic) bond motifs is 1. The number of piperidine rings is 1. The molecule has 1 aliphatic rings. The Kier molecular flexibility index (Phi) is 5.98. The Bertz CT molecular complexity index is 1090. The lowest BCUT2D eigenvalue weighted by atomic mass is 10.0. The highest BCUT2D eigenvalue weighted by atomic mass is 32.1. The van der Waals surface area contributed by atoms with Gasteiger partial charge in [0.25, 0.3) is 5.56 Å². The van der Waals surface area contributed by atoms with Gasteiger partial charge in [-0.25, -0.2) is 4.98 Å². The minimum absolute atomic E-state index is 0.0775. The molecule has 0 spiro atoms. The maximum atomic E-state index is 12.9. The molecule has 2 aromatic heterocycles. The zero-order chi connectivity index (χ0) is 21.1. The molecule has 0 saturated carbocycles. The van der Waals surface area contributed by atoms with Gasteiger partial charge in [-0.2, -0.15) is 4.98 Å². The summed E-state index contributed by atoms with van der Waals surface area (Å²) < 4.78 is 6.96. The zero-order valence-electron chi connectivity index (χ0n) is 17.1. The predicted octanol–water partition coefficient (Wildman–Crippen LogP) is 2.41. The van der Waals surface area contributed by atoms with E-state index in [4.69, 9.17) is 4.74 Å². The maximum absolute atomic E-state index is 12.9. The molecule has 1 atom stereocenters. The van der Waals surface area contributed by atoms with Crippen LogP contribution < -0.4 is 20.5 Å². The molecule has 1 saturated heterocycles. The number of aromatic nitrogens is 3. The monoisotopic (exact) mass is 427 g/mol. The van der Waals surface area contributed by atoms with E-state index in [9.17, 15) is 9.59 Å². The molecule has 30 heavy (non-hydrogen) atoms. The summed E-state index contributed by atoms with van der Waals surface area (Å²) in [5, 5.41) is 3.67. The lowest BCUT2D eigenvalue weighted by Gasteiger charge is -2.30. The van der Waals surface area contributed by atoms with Crippen molar-refractivity contribution in [3.8, 4) is 5.75 Å². The van der Waals surface area contributed by atoms with Crippen LogP contribution in [0.5, 0.6) is 5.75 Å². The highest BCUT2D eigenvalue weighted by Gasteiger charge is 2.21. The molecule has 1 fully saturated rings. The summed E-state index contributed by atoms with van der Waals surface area (Å²) in [6, 6.07) is 7.46. The molecule has 1 amide bonds. The number of carbonyl (C=O) groups is 1. The van der Waals surface area contributed by atoms with Crippen molar-refractivity contribution < 1.29 is 9.53 Å². The first-order valence-electron chi connectivity index (χ1n) is 10.0. The third-order valence-electron chi connectivity index (χ3n) is 5.26. The number of nitrogens with zero attached hydrogens (tertiary/aromatic N) is 4. The highest BCUT2D eigenvalue weighted by molar-refractivity contribution is 7.22. The van der Waals surface area contributed by atoms with Crippen molar-refractivity contribution in [2.75, 3.05) is 25.1 Å². The van der Waals surface area contributed by atoms with Crippen LogP contribution in [-0.2, 0) is 17.9 Å². The van der Waals surface area contributed by atoms with E-state index in [2.05, 4.69) is 27.1 Å². The second-order valence-electron chi connectivity index (χ2n) is 7.65. The van der Waals surface area contributed by atoms with Crippen molar-refractivity contribution in [3.05, 3.63) is 46.5 Å². The van der Waals surface area contributed by atoms with Gasteiger partial charge in [-0.1, -0.05) is 30.4 Å². The van der Waals surface area contributed by atoms with E-state index in [1.807, 2.05) is 24.3 Å². The summed E-state index contributed by atoms with van der Waals surface area (Å²) in [5.74, 6) is 1.13. The van der Waals surface area contributed by atoms with E-state index in [-0.39, 0.29) is 18.0 Å². The van der Waals surface area contributed by atoms with Gasteiger partial charge >= 0.3 is 0 Å². The molecule has 1 N–H and O–H groups in total. The molecule has 8 nitrogen and oxygen atoms in total. The summed E-state index contributed by atoms with van der Waals surface area (Å²) >= 11 is 1.36. The van der Waals surface area contributed by atoms with Crippen LogP contribution >= 0.6 is 11.3 Å². The summed E-state index contributed by atoms with van der Waals surface area (Å²) in [5.41, 5.74) is 1.18. The number of carbonyl (C=O) groups excluding carboxylic acids is 1.